The number of fused-ring (bicyclic) bond motifs is 1. The molecule has 4 rings (SSSR count). The normalized spacial score (nSPS) is 10.8. The first-order chi connectivity index (χ1) is 15.0. The van der Waals surface area contributed by atoms with E-state index in [-0.39, 0.29) is 5.91 Å². The molecular weight excluding hydrogens is 410 g/mol. The second-order valence-corrected chi connectivity index (χ2v) is 7.66. The van der Waals surface area contributed by atoms with Crippen molar-refractivity contribution in [3.8, 4) is 11.5 Å². The Morgan fingerprint density at radius 1 is 1.00 bits per heavy atom. The SMILES string of the molecule is CCCc1cc(N)c2cc(NC(=O)c3ccc(Oc4ccc(Cl)cc4)cc3)ccc2n1. The number of hydrogen-bond donors (Lipinski definition) is 2. The fraction of sp³-hybridized carbons (Fsp3) is 0.120. The van der Waals surface area contributed by atoms with Gasteiger partial charge in [-0.1, -0.05) is 24.9 Å². The topological polar surface area (TPSA) is 77.2 Å². The zero-order valence-corrected chi connectivity index (χ0v) is 17.8. The predicted molar refractivity (Wildman–Crippen MR) is 126 cm³/mol. The minimum Gasteiger partial charge on any atom is -0.457 e. The number of nitrogen functional groups attached to an aromatic ring is 1. The molecule has 0 unspecified atom stereocenters. The zero-order valence-electron chi connectivity index (χ0n) is 17.1. The van der Waals surface area contributed by atoms with Crippen molar-refractivity contribution in [2.75, 3.05) is 11.1 Å². The number of carbonyl (C=O) groups excluding carboxylic acids is 1. The van der Waals surface area contributed by atoms with Gasteiger partial charge in [-0.3, -0.25) is 9.78 Å². The van der Waals surface area contributed by atoms with E-state index in [2.05, 4.69) is 17.2 Å². The molecule has 4 aromatic rings. The minimum atomic E-state index is -0.216. The standard InChI is InChI=1S/C25H22ClN3O2/c1-2-3-18-15-23(27)22-14-19(8-13-24(22)28-18)29-25(30)16-4-9-20(10-5-16)31-21-11-6-17(26)7-12-21/h4-15H,2-3H2,1H3,(H2,27,28)(H,29,30). The van der Waals surface area contributed by atoms with Gasteiger partial charge in [0.05, 0.1) is 5.52 Å². The molecule has 0 aliphatic rings. The molecule has 1 amide bonds. The monoisotopic (exact) mass is 431 g/mol. The largest absolute Gasteiger partial charge is 0.457 e. The van der Waals surface area contributed by atoms with Gasteiger partial charge in [0.2, 0.25) is 0 Å². The lowest BCUT2D eigenvalue weighted by atomic mass is 10.1. The number of aryl methyl sites for hydroxylation is 1. The highest BCUT2D eigenvalue weighted by atomic mass is 35.5. The molecule has 6 heteroatoms. The van der Waals surface area contributed by atoms with Gasteiger partial charge in [-0.15, -0.1) is 0 Å². The average molecular weight is 432 g/mol. The van der Waals surface area contributed by atoms with Gasteiger partial charge in [-0.25, -0.2) is 0 Å². The van der Waals surface area contributed by atoms with Crippen molar-refractivity contribution in [2.45, 2.75) is 19.8 Å². The van der Waals surface area contributed by atoms with Crippen molar-refractivity contribution >= 4 is 39.8 Å². The molecule has 3 aromatic carbocycles. The molecule has 1 heterocycles. The molecule has 5 nitrogen and oxygen atoms in total. The number of pyridine rings is 1. The Morgan fingerprint density at radius 3 is 2.35 bits per heavy atom. The summed E-state index contributed by atoms with van der Waals surface area (Å²) < 4.78 is 5.76. The van der Waals surface area contributed by atoms with Gasteiger partial charge in [-0.2, -0.15) is 0 Å². The summed E-state index contributed by atoms with van der Waals surface area (Å²) in [5.41, 5.74) is 9.86. The third kappa shape index (κ3) is 4.95. The lowest BCUT2D eigenvalue weighted by Crippen LogP contribution is -2.11. The number of carbonyl (C=O) groups is 1. The van der Waals surface area contributed by atoms with Crippen LogP contribution < -0.4 is 15.8 Å². The quantitative estimate of drug-likeness (QED) is 0.367. The van der Waals surface area contributed by atoms with Crippen LogP contribution in [-0.4, -0.2) is 10.9 Å². The second kappa shape index (κ2) is 9.06. The molecule has 3 N–H and O–H groups in total. The average Bonchev–Trinajstić information content (AvgIpc) is 2.76. The van der Waals surface area contributed by atoms with Gasteiger partial charge in [0, 0.05) is 33.0 Å². The zero-order chi connectivity index (χ0) is 21.8. The highest BCUT2D eigenvalue weighted by molar-refractivity contribution is 6.30. The van der Waals surface area contributed by atoms with Crippen LogP contribution in [0, 0.1) is 0 Å². The van der Waals surface area contributed by atoms with Gasteiger partial charge in [0.25, 0.3) is 5.91 Å². The highest BCUT2D eigenvalue weighted by Crippen LogP contribution is 2.26. The number of halogens is 1. The number of hydrogen-bond acceptors (Lipinski definition) is 4. The van der Waals surface area contributed by atoms with Crippen LogP contribution >= 0.6 is 11.6 Å². The summed E-state index contributed by atoms with van der Waals surface area (Å²) in [7, 11) is 0. The number of ether oxygens (including phenoxy) is 1. The Labute approximate surface area is 185 Å². The third-order valence-electron chi connectivity index (χ3n) is 4.82. The Kier molecular flexibility index (Phi) is 6.05. The summed E-state index contributed by atoms with van der Waals surface area (Å²) in [4.78, 5) is 17.3. The maximum atomic E-state index is 12.7. The number of benzene rings is 3. The molecular formula is C25H22ClN3O2. The van der Waals surface area contributed by atoms with Gasteiger partial charge >= 0.3 is 0 Å². The summed E-state index contributed by atoms with van der Waals surface area (Å²) in [6.45, 7) is 2.11. The Balaban J connectivity index is 1.47. The van der Waals surface area contributed by atoms with E-state index >= 15 is 0 Å². The van der Waals surface area contributed by atoms with Crippen molar-refractivity contribution in [2.24, 2.45) is 0 Å². The minimum absolute atomic E-state index is 0.216. The van der Waals surface area contributed by atoms with Crippen molar-refractivity contribution in [1.29, 1.82) is 0 Å². The first-order valence-corrected chi connectivity index (χ1v) is 10.4. The van der Waals surface area contributed by atoms with Crippen molar-refractivity contribution in [3.05, 3.63) is 89.1 Å². The van der Waals surface area contributed by atoms with Crippen LogP contribution in [0.3, 0.4) is 0 Å². The number of rotatable bonds is 6. The molecule has 0 saturated carbocycles. The van der Waals surface area contributed by atoms with E-state index in [1.807, 2.05) is 24.3 Å². The third-order valence-corrected chi connectivity index (χ3v) is 5.08. The first-order valence-electron chi connectivity index (χ1n) is 10.1. The van der Waals surface area contributed by atoms with E-state index < -0.39 is 0 Å². The number of nitrogens with one attached hydrogen (secondary N) is 1. The van der Waals surface area contributed by atoms with Crippen LogP contribution in [0.5, 0.6) is 11.5 Å². The van der Waals surface area contributed by atoms with Crippen molar-refractivity contribution in [1.82, 2.24) is 4.98 Å². The summed E-state index contributed by atoms with van der Waals surface area (Å²) in [5.74, 6) is 1.09. The fourth-order valence-electron chi connectivity index (χ4n) is 3.29. The fourth-order valence-corrected chi connectivity index (χ4v) is 3.41. The predicted octanol–water partition coefficient (Wildman–Crippen LogP) is 6.47. The van der Waals surface area contributed by atoms with Gasteiger partial charge < -0.3 is 15.8 Å². The molecule has 156 valence electrons. The summed E-state index contributed by atoms with van der Waals surface area (Å²) in [6, 6.07) is 21.5. The van der Waals surface area contributed by atoms with Crippen LogP contribution in [0.1, 0.15) is 29.4 Å². The van der Waals surface area contributed by atoms with Crippen LogP contribution in [0.15, 0.2) is 72.8 Å². The second-order valence-electron chi connectivity index (χ2n) is 7.22. The van der Waals surface area contributed by atoms with E-state index in [0.717, 1.165) is 29.4 Å². The van der Waals surface area contributed by atoms with Gasteiger partial charge in [-0.05, 0) is 79.2 Å². The summed E-state index contributed by atoms with van der Waals surface area (Å²) >= 11 is 5.89. The van der Waals surface area contributed by atoms with E-state index in [4.69, 9.17) is 22.1 Å². The van der Waals surface area contributed by atoms with Crippen molar-refractivity contribution in [3.63, 3.8) is 0 Å². The van der Waals surface area contributed by atoms with E-state index in [1.54, 1.807) is 48.5 Å². The maximum Gasteiger partial charge on any atom is 0.255 e. The number of nitrogens with two attached hydrogens (primary N) is 1. The molecule has 0 spiro atoms. The molecule has 0 bridgehead atoms. The number of aromatic nitrogens is 1. The molecule has 0 radical (unpaired) electrons. The van der Waals surface area contributed by atoms with E-state index in [0.29, 0.717) is 33.5 Å². The number of anilines is 2. The molecule has 0 saturated heterocycles. The number of amides is 1. The Bertz CT molecular complexity index is 1220. The Morgan fingerprint density at radius 2 is 1.68 bits per heavy atom. The maximum absolute atomic E-state index is 12.7. The van der Waals surface area contributed by atoms with Gasteiger partial charge in [0.15, 0.2) is 0 Å². The summed E-state index contributed by atoms with van der Waals surface area (Å²) in [6.07, 6.45) is 1.89. The smallest absolute Gasteiger partial charge is 0.255 e. The van der Waals surface area contributed by atoms with Crippen LogP contribution in [0.25, 0.3) is 10.9 Å². The first kappa shape index (κ1) is 20.7. The van der Waals surface area contributed by atoms with Crippen LogP contribution in [0.2, 0.25) is 5.02 Å². The number of nitrogens with zero attached hydrogens (tertiary/aromatic N) is 1. The molecule has 1 aromatic heterocycles. The molecule has 0 aliphatic carbocycles. The lowest BCUT2D eigenvalue weighted by Gasteiger charge is -2.10. The molecule has 31 heavy (non-hydrogen) atoms. The van der Waals surface area contributed by atoms with E-state index in [9.17, 15) is 4.79 Å². The summed E-state index contributed by atoms with van der Waals surface area (Å²) in [5, 5.41) is 4.38. The van der Waals surface area contributed by atoms with Crippen LogP contribution in [-0.2, 0) is 6.42 Å². The van der Waals surface area contributed by atoms with E-state index in [1.165, 1.54) is 0 Å². The van der Waals surface area contributed by atoms with Crippen molar-refractivity contribution < 1.29 is 9.53 Å². The van der Waals surface area contributed by atoms with Crippen LogP contribution in [0.4, 0.5) is 11.4 Å². The molecule has 0 aliphatic heterocycles. The van der Waals surface area contributed by atoms with Gasteiger partial charge in [0.1, 0.15) is 11.5 Å². The molecule has 0 fully saturated rings. The highest BCUT2D eigenvalue weighted by Gasteiger charge is 2.09. The lowest BCUT2D eigenvalue weighted by molar-refractivity contribution is 0.102. The molecule has 0 atom stereocenters. The Hall–Kier alpha value is -3.57.